The molecule has 0 unspecified atom stereocenters. The van der Waals surface area contributed by atoms with Gasteiger partial charge in [0.1, 0.15) is 18.1 Å². The molecule has 2 aromatic heterocycles. The predicted molar refractivity (Wildman–Crippen MR) is 116 cm³/mol. The van der Waals surface area contributed by atoms with Gasteiger partial charge in [0.2, 0.25) is 0 Å². The molecule has 0 saturated carbocycles. The van der Waals surface area contributed by atoms with Crippen LogP contribution < -0.4 is 10.6 Å². The van der Waals surface area contributed by atoms with Crippen LogP contribution in [0.5, 0.6) is 0 Å². The van der Waals surface area contributed by atoms with Crippen LogP contribution in [0.2, 0.25) is 25.7 Å². The lowest BCUT2D eigenvalue weighted by molar-refractivity contribution is 0.0787. The molecule has 1 fully saturated rings. The summed E-state index contributed by atoms with van der Waals surface area (Å²) in [4.78, 5) is 13.7. The van der Waals surface area contributed by atoms with Crippen LogP contribution in [-0.2, 0) is 11.5 Å². The summed E-state index contributed by atoms with van der Waals surface area (Å²) in [6, 6.07) is 3.10. The molecule has 2 aromatic rings. The van der Waals surface area contributed by atoms with Crippen LogP contribution in [0.1, 0.15) is 6.42 Å². The number of nitrogen functional groups attached to an aromatic ring is 1. The van der Waals surface area contributed by atoms with Crippen LogP contribution in [0.4, 0.5) is 11.6 Å². The average molecular weight is 404 g/mol. The molecule has 0 radical (unpaired) electrons. The van der Waals surface area contributed by atoms with Crippen molar-refractivity contribution in [3.63, 3.8) is 0 Å². The van der Waals surface area contributed by atoms with Gasteiger partial charge in [0.05, 0.1) is 6.20 Å². The first-order valence-electron chi connectivity index (χ1n) is 9.99. The first-order chi connectivity index (χ1) is 13.3. The lowest BCUT2D eigenvalue weighted by atomic mass is 10.3. The summed E-state index contributed by atoms with van der Waals surface area (Å²) in [6.45, 7) is 12.2. The molecule has 1 aliphatic rings. The van der Waals surface area contributed by atoms with E-state index in [-0.39, 0.29) is 0 Å². The highest BCUT2D eigenvalue weighted by atomic mass is 28.3. The number of likely N-dealkylation sites (N-methyl/N-ethyl adjacent to an activating group) is 1. The summed E-state index contributed by atoms with van der Waals surface area (Å²) in [5.41, 5.74) is 7.66. The van der Waals surface area contributed by atoms with E-state index in [2.05, 4.69) is 46.6 Å². The minimum atomic E-state index is -1.07. The maximum Gasteiger partial charge on any atom is 0.172 e. The molecule has 1 aliphatic heterocycles. The monoisotopic (exact) mass is 403 g/mol. The van der Waals surface area contributed by atoms with Crippen molar-refractivity contribution in [2.24, 2.45) is 0 Å². The number of hydrogen-bond acceptors (Lipinski definition) is 7. The van der Waals surface area contributed by atoms with E-state index >= 15 is 0 Å². The fraction of sp³-hybridized carbons (Fsp3) is 0.632. The molecule has 2 N–H and O–H groups in total. The Morgan fingerprint density at radius 2 is 1.96 bits per heavy atom. The summed E-state index contributed by atoms with van der Waals surface area (Å²) >= 11 is 0. The molecular formula is C19H33N7OSi. The fourth-order valence-corrected chi connectivity index (χ4v) is 3.87. The van der Waals surface area contributed by atoms with Crippen LogP contribution in [0, 0.1) is 0 Å². The minimum absolute atomic E-state index is 0.457. The Morgan fingerprint density at radius 3 is 2.75 bits per heavy atom. The zero-order valence-corrected chi connectivity index (χ0v) is 18.6. The first-order valence-corrected chi connectivity index (χ1v) is 13.7. The molecule has 0 bridgehead atoms. The molecule has 0 spiro atoms. The van der Waals surface area contributed by atoms with Gasteiger partial charge in [-0.3, -0.25) is 0 Å². The molecule has 1 saturated heterocycles. The second kappa shape index (κ2) is 9.02. The molecule has 28 heavy (non-hydrogen) atoms. The van der Waals surface area contributed by atoms with Gasteiger partial charge in [0, 0.05) is 40.5 Å². The quantitative estimate of drug-likeness (QED) is 0.561. The van der Waals surface area contributed by atoms with Crippen molar-refractivity contribution in [1.82, 2.24) is 24.6 Å². The average Bonchev–Trinajstić information content (AvgIpc) is 3.00. The maximum atomic E-state index is 6.13. The number of rotatable bonds is 7. The smallest absolute Gasteiger partial charge is 0.172 e. The summed E-state index contributed by atoms with van der Waals surface area (Å²) in [5.74, 6) is 1.23. The molecule has 154 valence electrons. The Hall–Kier alpha value is -1.97. The molecule has 9 heteroatoms. The van der Waals surface area contributed by atoms with Gasteiger partial charge in [-0.1, -0.05) is 19.6 Å². The van der Waals surface area contributed by atoms with Crippen molar-refractivity contribution in [2.45, 2.75) is 38.8 Å². The molecule has 0 aromatic carbocycles. The summed E-state index contributed by atoms with van der Waals surface area (Å²) < 4.78 is 7.58. The van der Waals surface area contributed by atoms with E-state index in [0.29, 0.717) is 12.5 Å². The molecule has 0 amide bonds. The highest BCUT2D eigenvalue weighted by molar-refractivity contribution is 6.76. The van der Waals surface area contributed by atoms with Crippen LogP contribution in [-0.4, -0.2) is 72.6 Å². The number of hydrogen-bond donors (Lipinski definition) is 1. The second-order valence-corrected chi connectivity index (χ2v) is 14.3. The van der Waals surface area contributed by atoms with E-state index in [4.69, 9.17) is 15.5 Å². The number of nitrogens with two attached hydrogens (primary N) is 1. The lowest BCUT2D eigenvalue weighted by Gasteiger charge is -2.22. The van der Waals surface area contributed by atoms with Crippen molar-refractivity contribution in [3.8, 4) is 11.4 Å². The van der Waals surface area contributed by atoms with Gasteiger partial charge in [0.25, 0.3) is 0 Å². The SMILES string of the molecule is CN1CCCN(c2nc(-c3ccn(COCC[Si](C)(C)C)n3)cnc2N)CC1. The van der Waals surface area contributed by atoms with Crippen LogP contribution >= 0.6 is 0 Å². The summed E-state index contributed by atoms with van der Waals surface area (Å²) in [5, 5.41) is 4.59. The Labute approximate surface area is 168 Å². The van der Waals surface area contributed by atoms with Crippen LogP contribution in [0.25, 0.3) is 11.4 Å². The minimum Gasteiger partial charge on any atom is -0.381 e. The van der Waals surface area contributed by atoms with E-state index in [1.165, 1.54) is 0 Å². The van der Waals surface area contributed by atoms with E-state index in [1.807, 2.05) is 12.3 Å². The lowest BCUT2D eigenvalue weighted by Crippen LogP contribution is -2.30. The van der Waals surface area contributed by atoms with Gasteiger partial charge in [-0.25, -0.2) is 14.6 Å². The largest absolute Gasteiger partial charge is 0.381 e. The van der Waals surface area contributed by atoms with Gasteiger partial charge in [-0.15, -0.1) is 0 Å². The van der Waals surface area contributed by atoms with E-state index < -0.39 is 8.07 Å². The maximum absolute atomic E-state index is 6.13. The van der Waals surface area contributed by atoms with E-state index in [1.54, 1.807) is 10.9 Å². The van der Waals surface area contributed by atoms with Gasteiger partial charge in [-0.2, -0.15) is 5.10 Å². The summed E-state index contributed by atoms with van der Waals surface area (Å²) in [6.07, 6.45) is 4.70. The van der Waals surface area contributed by atoms with Crippen molar-refractivity contribution in [1.29, 1.82) is 0 Å². The van der Waals surface area contributed by atoms with E-state index in [9.17, 15) is 0 Å². The standard InChI is InChI=1S/C19H33N7OSi/c1-24-7-5-8-25(11-10-24)19-18(20)21-14-17(22-19)16-6-9-26(23-16)15-27-12-13-28(2,3)4/h6,9,14H,5,7-8,10-13,15H2,1-4H3,(H2,20,21). The third kappa shape index (κ3) is 5.76. The topological polar surface area (TPSA) is 85.3 Å². The Morgan fingerprint density at radius 1 is 1.14 bits per heavy atom. The number of ether oxygens (including phenoxy) is 1. The Balaban J connectivity index is 1.66. The van der Waals surface area contributed by atoms with Crippen molar-refractivity contribution < 1.29 is 4.74 Å². The summed E-state index contributed by atoms with van der Waals surface area (Å²) in [7, 11) is 1.07. The van der Waals surface area contributed by atoms with Gasteiger partial charge in [0.15, 0.2) is 11.6 Å². The zero-order valence-electron chi connectivity index (χ0n) is 17.6. The molecule has 0 aliphatic carbocycles. The van der Waals surface area contributed by atoms with Crippen LogP contribution in [0.15, 0.2) is 18.5 Å². The highest BCUT2D eigenvalue weighted by Crippen LogP contribution is 2.24. The Bertz CT molecular complexity index is 774. The number of nitrogens with zero attached hydrogens (tertiary/aromatic N) is 6. The molecule has 8 nitrogen and oxygen atoms in total. The fourth-order valence-electron chi connectivity index (χ4n) is 3.11. The third-order valence-electron chi connectivity index (χ3n) is 4.92. The normalized spacial score (nSPS) is 16.4. The molecule has 3 heterocycles. The predicted octanol–water partition coefficient (Wildman–Crippen LogP) is 2.38. The highest BCUT2D eigenvalue weighted by Gasteiger charge is 2.18. The molecular weight excluding hydrogens is 370 g/mol. The number of aromatic nitrogens is 4. The van der Waals surface area contributed by atoms with Gasteiger partial charge >= 0.3 is 0 Å². The van der Waals surface area contributed by atoms with Crippen molar-refractivity contribution >= 4 is 19.7 Å². The zero-order chi connectivity index (χ0) is 20.1. The van der Waals surface area contributed by atoms with Crippen LogP contribution in [0.3, 0.4) is 0 Å². The van der Waals surface area contributed by atoms with Gasteiger partial charge in [-0.05, 0) is 32.1 Å². The van der Waals surface area contributed by atoms with Crippen molar-refractivity contribution in [3.05, 3.63) is 18.5 Å². The third-order valence-corrected chi connectivity index (χ3v) is 6.63. The number of anilines is 2. The first kappa shape index (κ1) is 20.8. The second-order valence-electron chi connectivity index (χ2n) is 8.70. The van der Waals surface area contributed by atoms with Crippen molar-refractivity contribution in [2.75, 3.05) is 50.5 Å². The molecule has 3 rings (SSSR count). The van der Waals surface area contributed by atoms with Gasteiger partial charge < -0.3 is 20.3 Å². The van der Waals surface area contributed by atoms with E-state index in [0.717, 1.165) is 62.5 Å². The molecule has 0 atom stereocenters. The Kier molecular flexibility index (Phi) is 6.68.